The number of benzene rings is 2. The van der Waals surface area contributed by atoms with E-state index in [4.69, 9.17) is 9.15 Å². The minimum Gasteiger partial charge on any atom is -0.497 e. The van der Waals surface area contributed by atoms with Crippen LogP contribution in [-0.4, -0.2) is 13.0 Å². The maximum absolute atomic E-state index is 12.3. The van der Waals surface area contributed by atoms with Crippen molar-refractivity contribution in [1.29, 1.82) is 0 Å². The molecule has 0 saturated heterocycles. The number of anilines is 1. The minimum atomic E-state index is -0.00880. The predicted octanol–water partition coefficient (Wildman–Crippen LogP) is 5.65. The fourth-order valence-electron chi connectivity index (χ4n) is 2.99. The molecule has 4 heteroatoms. The molecule has 3 rings (SSSR count). The van der Waals surface area contributed by atoms with Crippen LogP contribution in [0.4, 0.5) is 5.69 Å². The largest absolute Gasteiger partial charge is 0.497 e. The molecule has 1 amide bonds. The molecular formula is C23H25NO3. The Kier molecular flexibility index (Phi) is 5.97. The van der Waals surface area contributed by atoms with Gasteiger partial charge in [0.25, 0.3) is 0 Å². The molecule has 0 radical (unpaired) electrons. The summed E-state index contributed by atoms with van der Waals surface area (Å²) in [6.07, 6.45) is 0.938. The van der Waals surface area contributed by atoms with Gasteiger partial charge in [0.1, 0.15) is 17.3 Å². The third kappa shape index (κ3) is 4.79. The molecule has 1 aromatic heterocycles. The number of para-hydroxylation sites is 1. The first kappa shape index (κ1) is 18.8. The van der Waals surface area contributed by atoms with E-state index in [0.29, 0.717) is 18.8 Å². The van der Waals surface area contributed by atoms with Gasteiger partial charge in [-0.25, -0.2) is 0 Å². The Morgan fingerprint density at radius 1 is 1.04 bits per heavy atom. The van der Waals surface area contributed by atoms with Crippen molar-refractivity contribution in [3.8, 4) is 17.1 Å². The van der Waals surface area contributed by atoms with Crippen LogP contribution in [0.15, 0.2) is 65.1 Å². The fraction of sp³-hybridized carbons (Fsp3) is 0.261. The number of rotatable bonds is 7. The first-order valence-electron chi connectivity index (χ1n) is 9.18. The summed E-state index contributed by atoms with van der Waals surface area (Å²) in [4.78, 5) is 12.3. The first-order chi connectivity index (χ1) is 13.1. The van der Waals surface area contributed by atoms with Crippen molar-refractivity contribution in [2.75, 3.05) is 12.4 Å². The van der Waals surface area contributed by atoms with Gasteiger partial charge in [-0.1, -0.05) is 32.0 Å². The maximum atomic E-state index is 12.3. The smallest absolute Gasteiger partial charge is 0.224 e. The molecule has 0 aliphatic heterocycles. The average molecular weight is 363 g/mol. The summed E-state index contributed by atoms with van der Waals surface area (Å²) in [7, 11) is 1.64. The number of hydrogen-bond donors (Lipinski definition) is 1. The van der Waals surface area contributed by atoms with Crippen molar-refractivity contribution < 1.29 is 13.9 Å². The van der Waals surface area contributed by atoms with Crippen LogP contribution in [0.1, 0.15) is 37.5 Å². The SMILES string of the molecule is COc1ccc(-c2ccc(CCC(=O)Nc3ccccc3C(C)C)o2)cc1. The van der Waals surface area contributed by atoms with E-state index in [1.165, 1.54) is 0 Å². The molecule has 2 aromatic carbocycles. The number of carbonyl (C=O) groups excluding carboxylic acids is 1. The van der Waals surface area contributed by atoms with Crippen LogP contribution in [0, 0.1) is 0 Å². The summed E-state index contributed by atoms with van der Waals surface area (Å²) in [6, 6.07) is 19.5. The van der Waals surface area contributed by atoms with Gasteiger partial charge in [0, 0.05) is 24.1 Å². The zero-order valence-electron chi connectivity index (χ0n) is 16.0. The van der Waals surface area contributed by atoms with Crippen LogP contribution < -0.4 is 10.1 Å². The van der Waals surface area contributed by atoms with Crippen LogP contribution in [0.2, 0.25) is 0 Å². The van der Waals surface area contributed by atoms with Gasteiger partial charge in [-0.3, -0.25) is 4.79 Å². The lowest BCUT2D eigenvalue weighted by molar-refractivity contribution is -0.116. The second-order valence-electron chi connectivity index (χ2n) is 6.78. The lowest BCUT2D eigenvalue weighted by Crippen LogP contribution is -2.13. The highest BCUT2D eigenvalue weighted by atomic mass is 16.5. The number of carbonyl (C=O) groups is 1. The Bertz CT molecular complexity index is 894. The van der Waals surface area contributed by atoms with Gasteiger partial charge in [0.15, 0.2) is 0 Å². The molecule has 0 unspecified atom stereocenters. The van der Waals surface area contributed by atoms with Gasteiger partial charge < -0.3 is 14.5 Å². The number of ether oxygens (including phenoxy) is 1. The Labute approximate surface area is 160 Å². The average Bonchev–Trinajstić information content (AvgIpc) is 3.16. The number of methoxy groups -OCH3 is 1. The van der Waals surface area contributed by atoms with Crippen LogP contribution in [-0.2, 0) is 11.2 Å². The molecule has 27 heavy (non-hydrogen) atoms. The molecule has 0 aliphatic carbocycles. The lowest BCUT2D eigenvalue weighted by Gasteiger charge is -2.13. The number of nitrogens with one attached hydrogen (secondary N) is 1. The normalized spacial score (nSPS) is 10.8. The van der Waals surface area contributed by atoms with E-state index in [2.05, 4.69) is 19.2 Å². The van der Waals surface area contributed by atoms with Gasteiger partial charge in [-0.05, 0) is 53.9 Å². The van der Waals surface area contributed by atoms with Gasteiger partial charge in [-0.15, -0.1) is 0 Å². The van der Waals surface area contributed by atoms with Crippen molar-refractivity contribution in [2.45, 2.75) is 32.6 Å². The monoisotopic (exact) mass is 363 g/mol. The number of aryl methyl sites for hydroxylation is 1. The number of amides is 1. The topological polar surface area (TPSA) is 51.5 Å². The highest BCUT2D eigenvalue weighted by molar-refractivity contribution is 5.91. The van der Waals surface area contributed by atoms with E-state index < -0.39 is 0 Å². The lowest BCUT2D eigenvalue weighted by atomic mass is 10.0. The van der Waals surface area contributed by atoms with Crippen molar-refractivity contribution in [3.63, 3.8) is 0 Å². The van der Waals surface area contributed by atoms with E-state index in [1.807, 2.05) is 60.7 Å². The third-order valence-corrected chi connectivity index (χ3v) is 4.49. The molecular weight excluding hydrogens is 338 g/mol. The molecule has 0 spiro atoms. The number of hydrogen-bond acceptors (Lipinski definition) is 3. The molecule has 0 fully saturated rings. The van der Waals surface area contributed by atoms with Gasteiger partial charge in [0.2, 0.25) is 5.91 Å². The second kappa shape index (κ2) is 8.58. The van der Waals surface area contributed by atoms with E-state index in [9.17, 15) is 4.79 Å². The van der Waals surface area contributed by atoms with Gasteiger partial charge in [-0.2, -0.15) is 0 Å². The molecule has 0 atom stereocenters. The molecule has 0 saturated carbocycles. The second-order valence-corrected chi connectivity index (χ2v) is 6.78. The number of furan rings is 1. The van der Waals surface area contributed by atoms with Crippen molar-refractivity contribution in [2.24, 2.45) is 0 Å². The summed E-state index contributed by atoms with van der Waals surface area (Å²) < 4.78 is 11.1. The summed E-state index contributed by atoms with van der Waals surface area (Å²) in [5.74, 6) is 2.75. The Morgan fingerprint density at radius 3 is 2.48 bits per heavy atom. The van der Waals surface area contributed by atoms with Crippen LogP contribution in [0.3, 0.4) is 0 Å². The fourth-order valence-corrected chi connectivity index (χ4v) is 2.99. The molecule has 4 nitrogen and oxygen atoms in total. The summed E-state index contributed by atoms with van der Waals surface area (Å²) in [6.45, 7) is 4.24. The van der Waals surface area contributed by atoms with Crippen LogP contribution in [0.5, 0.6) is 5.75 Å². The molecule has 140 valence electrons. The Balaban J connectivity index is 1.59. The van der Waals surface area contributed by atoms with E-state index >= 15 is 0 Å². The molecule has 1 heterocycles. The zero-order valence-corrected chi connectivity index (χ0v) is 16.0. The van der Waals surface area contributed by atoms with Crippen molar-refractivity contribution in [3.05, 3.63) is 72.0 Å². The molecule has 1 N–H and O–H groups in total. The summed E-state index contributed by atoms with van der Waals surface area (Å²) >= 11 is 0. The van der Waals surface area contributed by atoms with Crippen LogP contribution in [0.25, 0.3) is 11.3 Å². The van der Waals surface area contributed by atoms with Crippen LogP contribution >= 0.6 is 0 Å². The van der Waals surface area contributed by atoms with Crippen molar-refractivity contribution in [1.82, 2.24) is 0 Å². The van der Waals surface area contributed by atoms with E-state index in [1.54, 1.807) is 7.11 Å². The van der Waals surface area contributed by atoms with Gasteiger partial charge in [0.05, 0.1) is 7.11 Å². The zero-order chi connectivity index (χ0) is 19.2. The highest BCUT2D eigenvalue weighted by Crippen LogP contribution is 2.26. The predicted molar refractivity (Wildman–Crippen MR) is 108 cm³/mol. The van der Waals surface area contributed by atoms with Crippen molar-refractivity contribution >= 4 is 11.6 Å². The van der Waals surface area contributed by atoms with E-state index in [-0.39, 0.29) is 5.91 Å². The molecule has 0 aliphatic rings. The minimum absolute atomic E-state index is 0.00880. The standard InChI is InChI=1S/C23H25NO3/c1-16(2)20-6-4-5-7-21(20)24-23(25)15-13-19-12-14-22(27-19)17-8-10-18(26-3)11-9-17/h4-12,14,16H,13,15H2,1-3H3,(H,24,25). The third-order valence-electron chi connectivity index (χ3n) is 4.49. The molecule has 3 aromatic rings. The van der Waals surface area contributed by atoms with E-state index in [0.717, 1.165) is 34.1 Å². The first-order valence-corrected chi connectivity index (χ1v) is 9.18. The van der Waals surface area contributed by atoms with Gasteiger partial charge >= 0.3 is 0 Å². The maximum Gasteiger partial charge on any atom is 0.224 e. The molecule has 0 bridgehead atoms. The highest BCUT2D eigenvalue weighted by Gasteiger charge is 2.11. The Hall–Kier alpha value is -3.01. The summed E-state index contributed by atoms with van der Waals surface area (Å²) in [5, 5.41) is 3.02. The quantitative estimate of drug-likeness (QED) is 0.590. The Morgan fingerprint density at radius 2 is 1.78 bits per heavy atom. The summed E-state index contributed by atoms with van der Waals surface area (Å²) in [5.41, 5.74) is 3.01.